The van der Waals surface area contributed by atoms with Crippen LogP contribution in [-0.4, -0.2) is 39.9 Å². The van der Waals surface area contributed by atoms with Crippen LogP contribution in [0.1, 0.15) is 25.3 Å². The molecule has 0 saturated heterocycles. The second kappa shape index (κ2) is 6.52. The van der Waals surface area contributed by atoms with Gasteiger partial charge in [0.25, 0.3) is 0 Å². The molecule has 1 aromatic heterocycles. The summed E-state index contributed by atoms with van der Waals surface area (Å²) in [6, 6.07) is 6.24. The summed E-state index contributed by atoms with van der Waals surface area (Å²) in [5.74, 6) is 0. The Morgan fingerprint density at radius 3 is 3.00 bits per heavy atom. The summed E-state index contributed by atoms with van der Waals surface area (Å²) in [5.41, 5.74) is 2.35. The molecular formula is C14H21N3O. The maximum absolute atomic E-state index is 9.13. The third-order valence-corrected chi connectivity index (χ3v) is 3.20. The molecule has 2 N–H and O–H groups in total. The topological polar surface area (TPSA) is 52.1 Å². The molecule has 0 atom stereocenters. The number of benzene rings is 1. The highest BCUT2D eigenvalue weighted by Crippen LogP contribution is 2.17. The Hall–Kier alpha value is -1.39. The van der Waals surface area contributed by atoms with E-state index in [2.05, 4.69) is 40.2 Å². The van der Waals surface area contributed by atoms with Crippen molar-refractivity contribution in [3.05, 3.63) is 30.0 Å². The minimum absolute atomic E-state index is 0.211. The lowest BCUT2D eigenvalue weighted by atomic mass is 10.1. The van der Waals surface area contributed by atoms with Crippen molar-refractivity contribution in [1.29, 1.82) is 0 Å². The molecule has 18 heavy (non-hydrogen) atoms. The van der Waals surface area contributed by atoms with Crippen molar-refractivity contribution in [2.24, 2.45) is 0 Å². The zero-order chi connectivity index (χ0) is 12.8. The van der Waals surface area contributed by atoms with Gasteiger partial charge < -0.3 is 5.11 Å². The summed E-state index contributed by atoms with van der Waals surface area (Å²) in [4.78, 5) is 2.29. The minimum Gasteiger partial charge on any atom is -0.395 e. The van der Waals surface area contributed by atoms with E-state index in [-0.39, 0.29) is 6.61 Å². The second-order valence-electron chi connectivity index (χ2n) is 4.60. The number of aliphatic hydroxyl groups excluding tert-OH is 1. The number of nitrogens with zero attached hydrogens (tertiary/aromatic N) is 2. The summed E-state index contributed by atoms with van der Waals surface area (Å²) in [7, 11) is 0. The van der Waals surface area contributed by atoms with Crippen LogP contribution in [0.3, 0.4) is 0 Å². The Morgan fingerprint density at radius 2 is 2.22 bits per heavy atom. The van der Waals surface area contributed by atoms with Gasteiger partial charge in [-0.05, 0) is 18.5 Å². The average molecular weight is 247 g/mol. The van der Waals surface area contributed by atoms with Gasteiger partial charge in [0.05, 0.1) is 18.3 Å². The number of para-hydroxylation sites is 1. The van der Waals surface area contributed by atoms with Gasteiger partial charge in [-0.25, -0.2) is 0 Å². The molecule has 2 rings (SSSR count). The molecule has 0 fully saturated rings. The predicted octanol–water partition coefficient (Wildman–Crippen LogP) is 2.16. The molecule has 4 heteroatoms. The van der Waals surface area contributed by atoms with Crippen LogP contribution in [0.4, 0.5) is 0 Å². The number of unbranched alkanes of at least 4 members (excludes halogenated alkanes) is 1. The van der Waals surface area contributed by atoms with Gasteiger partial charge in [0, 0.05) is 18.5 Å². The molecule has 0 saturated carbocycles. The SMILES string of the molecule is CCCCN(CCO)Cc1cccc2cn[nH]c12. The minimum atomic E-state index is 0.211. The third kappa shape index (κ3) is 3.09. The molecule has 0 radical (unpaired) electrons. The van der Waals surface area contributed by atoms with E-state index in [0.29, 0.717) is 0 Å². The predicted molar refractivity (Wildman–Crippen MR) is 73.4 cm³/mol. The van der Waals surface area contributed by atoms with Gasteiger partial charge in [0.2, 0.25) is 0 Å². The van der Waals surface area contributed by atoms with Gasteiger partial charge in [0.15, 0.2) is 0 Å². The molecule has 0 aliphatic carbocycles. The van der Waals surface area contributed by atoms with E-state index in [0.717, 1.165) is 30.5 Å². The van der Waals surface area contributed by atoms with Crippen molar-refractivity contribution >= 4 is 10.9 Å². The Bertz CT molecular complexity index is 481. The number of aromatic nitrogens is 2. The lowest BCUT2D eigenvalue weighted by molar-refractivity contribution is 0.188. The molecule has 98 valence electrons. The normalized spacial score (nSPS) is 11.5. The number of hydrogen-bond acceptors (Lipinski definition) is 3. The van der Waals surface area contributed by atoms with Gasteiger partial charge in [-0.15, -0.1) is 0 Å². The fourth-order valence-corrected chi connectivity index (χ4v) is 2.20. The van der Waals surface area contributed by atoms with Gasteiger partial charge in [0.1, 0.15) is 0 Å². The highest BCUT2D eigenvalue weighted by Gasteiger charge is 2.08. The van der Waals surface area contributed by atoms with Crippen LogP contribution in [0, 0.1) is 0 Å². The number of nitrogens with one attached hydrogen (secondary N) is 1. The number of fused-ring (bicyclic) bond motifs is 1. The van der Waals surface area contributed by atoms with Crippen LogP contribution in [0.5, 0.6) is 0 Å². The number of aromatic amines is 1. The molecule has 2 aromatic rings. The first-order valence-corrected chi connectivity index (χ1v) is 6.59. The van der Waals surface area contributed by atoms with E-state index in [1.165, 1.54) is 18.4 Å². The Labute approximate surface area is 108 Å². The summed E-state index contributed by atoms with van der Waals surface area (Å²) in [6.45, 7) is 5.02. The quantitative estimate of drug-likeness (QED) is 0.788. The fraction of sp³-hybridized carbons (Fsp3) is 0.500. The summed E-state index contributed by atoms with van der Waals surface area (Å²) in [5, 5.41) is 17.4. The molecule has 4 nitrogen and oxygen atoms in total. The van der Waals surface area contributed by atoms with E-state index in [9.17, 15) is 0 Å². The second-order valence-corrected chi connectivity index (χ2v) is 4.60. The van der Waals surface area contributed by atoms with Crippen molar-refractivity contribution in [2.45, 2.75) is 26.3 Å². The third-order valence-electron chi connectivity index (χ3n) is 3.20. The van der Waals surface area contributed by atoms with E-state index >= 15 is 0 Å². The first-order valence-electron chi connectivity index (χ1n) is 6.59. The summed E-state index contributed by atoms with van der Waals surface area (Å²) < 4.78 is 0. The monoisotopic (exact) mass is 247 g/mol. The van der Waals surface area contributed by atoms with Crippen molar-refractivity contribution in [3.8, 4) is 0 Å². The van der Waals surface area contributed by atoms with Crippen LogP contribution in [-0.2, 0) is 6.54 Å². The Morgan fingerprint density at radius 1 is 1.33 bits per heavy atom. The first-order chi connectivity index (χ1) is 8.85. The number of H-pyrrole nitrogens is 1. The molecular weight excluding hydrogens is 226 g/mol. The lowest BCUT2D eigenvalue weighted by Crippen LogP contribution is -2.27. The van der Waals surface area contributed by atoms with E-state index in [1.54, 1.807) is 0 Å². The van der Waals surface area contributed by atoms with Gasteiger partial charge in [-0.1, -0.05) is 31.5 Å². The summed E-state index contributed by atoms with van der Waals surface area (Å²) >= 11 is 0. The van der Waals surface area contributed by atoms with Gasteiger partial charge in [-0.2, -0.15) is 5.10 Å². The van der Waals surface area contributed by atoms with Crippen LogP contribution in [0.15, 0.2) is 24.4 Å². The number of hydrogen-bond donors (Lipinski definition) is 2. The standard InChI is InChI=1S/C14H21N3O/c1-2-3-7-17(8-9-18)11-13-6-4-5-12-10-15-16-14(12)13/h4-6,10,18H,2-3,7-9,11H2,1H3,(H,15,16). The largest absolute Gasteiger partial charge is 0.395 e. The van der Waals surface area contributed by atoms with Crippen LogP contribution in [0.25, 0.3) is 10.9 Å². The van der Waals surface area contributed by atoms with Crippen molar-refractivity contribution in [2.75, 3.05) is 19.7 Å². The van der Waals surface area contributed by atoms with Gasteiger partial charge >= 0.3 is 0 Å². The molecule has 0 bridgehead atoms. The highest BCUT2D eigenvalue weighted by molar-refractivity contribution is 5.81. The van der Waals surface area contributed by atoms with E-state index in [1.807, 2.05) is 6.20 Å². The first kappa shape index (κ1) is 13.1. The maximum Gasteiger partial charge on any atom is 0.0695 e. The molecule has 0 amide bonds. The maximum atomic E-state index is 9.13. The average Bonchev–Trinajstić information content (AvgIpc) is 2.85. The van der Waals surface area contributed by atoms with Crippen LogP contribution in [0.2, 0.25) is 0 Å². The zero-order valence-electron chi connectivity index (χ0n) is 10.9. The van der Waals surface area contributed by atoms with Crippen LogP contribution >= 0.6 is 0 Å². The molecule has 1 heterocycles. The van der Waals surface area contributed by atoms with E-state index in [4.69, 9.17) is 5.11 Å². The number of rotatable bonds is 7. The lowest BCUT2D eigenvalue weighted by Gasteiger charge is -2.21. The zero-order valence-corrected chi connectivity index (χ0v) is 10.9. The van der Waals surface area contributed by atoms with Crippen LogP contribution < -0.4 is 0 Å². The number of aliphatic hydroxyl groups is 1. The molecule has 1 aromatic carbocycles. The van der Waals surface area contributed by atoms with Gasteiger partial charge in [-0.3, -0.25) is 10.00 Å². The molecule has 0 aliphatic rings. The molecule has 0 unspecified atom stereocenters. The van der Waals surface area contributed by atoms with Crippen molar-refractivity contribution < 1.29 is 5.11 Å². The Balaban J connectivity index is 2.12. The fourth-order valence-electron chi connectivity index (χ4n) is 2.20. The van der Waals surface area contributed by atoms with Crippen molar-refractivity contribution in [1.82, 2.24) is 15.1 Å². The van der Waals surface area contributed by atoms with Crippen molar-refractivity contribution in [3.63, 3.8) is 0 Å². The molecule has 0 spiro atoms. The Kier molecular flexibility index (Phi) is 4.73. The smallest absolute Gasteiger partial charge is 0.0695 e. The highest BCUT2D eigenvalue weighted by atomic mass is 16.3. The molecule has 0 aliphatic heterocycles. The van der Waals surface area contributed by atoms with E-state index < -0.39 is 0 Å². The summed E-state index contributed by atoms with van der Waals surface area (Å²) in [6.07, 6.45) is 4.19.